The van der Waals surface area contributed by atoms with E-state index in [1.165, 1.54) is 29.8 Å². The Kier molecular flexibility index (Phi) is 24.7. The number of nitro groups is 1. The zero-order chi connectivity index (χ0) is 81.6. The number of carbonyl (C=O) groups is 4. The smallest absolute Gasteiger partial charge is 0.336 e. The van der Waals surface area contributed by atoms with E-state index >= 15 is 0 Å². The van der Waals surface area contributed by atoms with Crippen molar-refractivity contribution in [2.24, 2.45) is 0 Å². The summed E-state index contributed by atoms with van der Waals surface area (Å²) in [5.41, 5.74) is 51.0. The van der Waals surface area contributed by atoms with Gasteiger partial charge in [-0.25, -0.2) is 43.5 Å². The molecule has 4 aromatic heterocycles. The quantitative estimate of drug-likeness (QED) is 0.0217. The molecule has 8 aliphatic rings. The number of nitrogens with two attached hydrogens (primary N) is 4. The van der Waals surface area contributed by atoms with Crippen molar-refractivity contribution in [2.45, 2.75) is 189 Å². The zero-order valence-electron chi connectivity index (χ0n) is 67.1. The highest BCUT2D eigenvalue weighted by Gasteiger charge is 2.43. The first-order chi connectivity index (χ1) is 55.5. The van der Waals surface area contributed by atoms with Gasteiger partial charge in [0.15, 0.2) is 0 Å². The molecule has 4 aromatic carbocycles. The van der Waals surface area contributed by atoms with Gasteiger partial charge < -0.3 is 67.9 Å². The van der Waals surface area contributed by atoms with Crippen molar-refractivity contribution in [3.8, 4) is 5.75 Å². The van der Waals surface area contributed by atoms with Gasteiger partial charge >= 0.3 is 23.9 Å². The van der Waals surface area contributed by atoms with Crippen LogP contribution in [0.2, 0.25) is 0 Å². The molecule has 0 saturated heterocycles. The number of hydrogen-bond donors (Lipinski definition) is 8. The molecule has 4 aliphatic carbocycles. The third-order valence-corrected chi connectivity index (χ3v) is 22.9. The van der Waals surface area contributed by atoms with Crippen LogP contribution in [0.1, 0.15) is 226 Å². The summed E-state index contributed by atoms with van der Waals surface area (Å²) in [7, 11) is 1.64. The number of rotatable bonds is 14. The van der Waals surface area contributed by atoms with E-state index in [-0.39, 0.29) is 48.5 Å². The summed E-state index contributed by atoms with van der Waals surface area (Å²) in [5.74, 6) is 0.220. The minimum Gasteiger partial charge on any atom is -0.497 e. The van der Waals surface area contributed by atoms with Gasteiger partial charge in [0.05, 0.1) is 60.8 Å². The lowest BCUT2D eigenvalue weighted by Crippen LogP contribution is -2.27. The summed E-state index contributed by atoms with van der Waals surface area (Å²) < 4.78 is 40.3. The number of pyridine rings is 4. The average Bonchev–Trinajstić information content (AvgIpc) is 0.757. The lowest BCUT2D eigenvalue weighted by Gasteiger charge is -2.33. The van der Waals surface area contributed by atoms with Gasteiger partial charge in [-0.2, -0.15) is 0 Å². The zero-order valence-corrected chi connectivity index (χ0v) is 67.1. The number of ether oxygens (including phenoxy) is 5. The van der Waals surface area contributed by atoms with Crippen LogP contribution >= 0.6 is 0 Å². The molecule has 0 bridgehead atoms. The maximum atomic E-state index is 13.6. The van der Waals surface area contributed by atoms with Crippen molar-refractivity contribution >= 4 is 75.6 Å². The van der Waals surface area contributed by atoms with Crippen LogP contribution in [0.4, 0.5) is 56.1 Å². The number of halogens is 1. The first-order valence-electron chi connectivity index (χ1n) is 40.0. The van der Waals surface area contributed by atoms with Gasteiger partial charge in [0.2, 0.25) is 0 Å². The topological polar surface area (TPSA) is 361 Å². The summed E-state index contributed by atoms with van der Waals surface area (Å²) in [5, 5.41) is 24.3. The molecule has 4 aliphatic heterocycles. The molecule has 600 valence electrons. The fourth-order valence-electron chi connectivity index (χ4n) is 17.4. The Hall–Kier alpha value is -12.2. The SMILES string of the molecule is CCOC(=O)C1=C(C)Nc2nc3c(c(N)c2C1c1ccc(C)cc1)CCCC3.CCOC(=O)C1=C(C)Nc2nc3c(c(N)c2C1c1ccc(F)cc1)CCCC3.CCOC(=O)C1=C(C)Nc2nc3c(c(N)c2C1c1ccc(OC)cc1)CCCC3.CCOC(=O)C1=C(C)Nc2nc3c(c(N)c2C1c1ccc([N+](=O)[O-])cc1)CCCC3. The second kappa shape index (κ2) is 35.1. The maximum absolute atomic E-state index is 13.6. The summed E-state index contributed by atoms with van der Waals surface area (Å²) in [4.78, 5) is 81.7. The van der Waals surface area contributed by atoms with E-state index in [0.717, 1.165) is 232 Å². The Bertz CT molecular complexity index is 5110. The van der Waals surface area contributed by atoms with Crippen LogP contribution in [0.3, 0.4) is 0 Å². The molecule has 12 N–H and O–H groups in total. The maximum Gasteiger partial charge on any atom is 0.336 e. The molecular weight excluding hydrogens is 1460 g/mol. The lowest BCUT2D eigenvalue weighted by atomic mass is 9.79. The third kappa shape index (κ3) is 16.3. The van der Waals surface area contributed by atoms with Gasteiger partial charge in [-0.15, -0.1) is 0 Å². The summed E-state index contributed by atoms with van der Waals surface area (Å²) in [6, 6.07) is 28.4. The van der Waals surface area contributed by atoms with Gasteiger partial charge in [-0.3, -0.25) is 10.1 Å². The van der Waals surface area contributed by atoms with Crippen LogP contribution in [-0.4, -0.2) is 82.3 Å². The number of anilines is 8. The number of nitrogen functional groups attached to an aromatic ring is 4. The number of methoxy groups -OCH3 is 1. The second-order valence-electron chi connectivity index (χ2n) is 30.0. The monoisotopic (exact) mass is 1560 g/mol. The standard InChI is InChI=1S/C23H27N3O3.C23H27N3O2.C22H24FN3O2.C22H24N4O4/c1-4-29-23(27)18-13(2)25-22-20(19(18)14-9-11-15(28-3)12-10-14)21(24)16-7-5-6-8-17(16)26-22;1-4-28-23(27)18-14(3)25-22-20(19(18)15-11-9-13(2)10-12-15)21(24)16-7-5-6-8-17(16)26-22;1-3-28-22(27)17-12(2)25-21-19(18(17)13-8-10-14(23)11-9-13)20(24)15-6-4-5-7-16(15)26-21;1-3-30-22(27)17-12(2)24-21-19(20(23)15-6-4-5-7-16(15)25-21)18(17)13-8-10-14(11-9-13)26(28)29/h9-12,19H,4-8H2,1-3H3,(H3,24,25,26);9-12,19H,4-8H2,1-3H3,(H3,24,25,26);8-11,18H,3-7H2,1-2H3,(H3,24,25,26);8-11,18H,3-7H2,1-2H3,(H3,23,24,25). The van der Waals surface area contributed by atoms with Crippen LogP contribution in [0.25, 0.3) is 0 Å². The minimum atomic E-state index is -0.513. The first-order valence-corrected chi connectivity index (χ1v) is 40.0. The molecule has 25 heteroatoms. The predicted molar refractivity (Wildman–Crippen MR) is 444 cm³/mol. The van der Waals surface area contributed by atoms with E-state index in [4.69, 9.17) is 66.6 Å². The molecule has 0 spiro atoms. The van der Waals surface area contributed by atoms with E-state index in [1.54, 1.807) is 45.2 Å². The third-order valence-electron chi connectivity index (χ3n) is 22.9. The number of benzene rings is 4. The molecule has 4 atom stereocenters. The molecule has 8 heterocycles. The Labute approximate surface area is 669 Å². The van der Waals surface area contributed by atoms with Crippen LogP contribution in [0.15, 0.2) is 142 Å². The van der Waals surface area contributed by atoms with Crippen molar-refractivity contribution < 1.29 is 52.2 Å². The molecule has 24 nitrogen and oxygen atoms in total. The molecule has 0 saturated carbocycles. The van der Waals surface area contributed by atoms with Gasteiger partial charge in [0.25, 0.3) is 5.69 Å². The largest absolute Gasteiger partial charge is 0.497 e. The Morgan fingerprint density at radius 3 is 0.896 bits per heavy atom. The number of esters is 4. The highest BCUT2D eigenvalue weighted by molar-refractivity contribution is 5.99. The van der Waals surface area contributed by atoms with Gasteiger partial charge in [0, 0.05) is 126 Å². The summed E-state index contributed by atoms with van der Waals surface area (Å²) in [6.07, 6.45) is 16.1. The lowest BCUT2D eigenvalue weighted by molar-refractivity contribution is -0.384. The number of hydrogen-bond acceptors (Lipinski definition) is 23. The van der Waals surface area contributed by atoms with Crippen molar-refractivity contribution in [3.63, 3.8) is 0 Å². The number of fused-ring (bicyclic) bond motifs is 8. The number of nitrogens with one attached hydrogen (secondary N) is 4. The molecule has 115 heavy (non-hydrogen) atoms. The second-order valence-corrected chi connectivity index (χ2v) is 30.0. The van der Waals surface area contributed by atoms with Crippen molar-refractivity contribution in [2.75, 3.05) is 77.7 Å². The molecule has 4 unspecified atom stereocenters. The van der Waals surface area contributed by atoms with Crippen molar-refractivity contribution in [1.82, 2.24) is 19.9 Å². The van der Waals surface area contributed by atoms with E-state index in [0.29, 0.717) is 69.9 Å². The predicted octanol–water partition coefficient (Wildman–Crippen LogP) is 16.1. The Morgan fingerprint density at radius 2 is 0.643 bits per heavy atom. The van der Waals surface area contributed by atoms with Gasteiger partial charge in [-0.1, -0.05) is 66.2 Å². The fraction of sp³-hybridized carbons (Fsp3) is 0.378. The highest BCUT2D eigenvalue weighted by Crippen LogP contribution is 2.52. The van der Waals surface area contributed by atoms with Crippen LogP contribution < -0.4 is 48.9 Å². The van der Waals surface area contributed by atoms with Crippen LogP contribution in [0, 0.1) is 22.9 Å². The van der Waals surface area contributed by atoms with Crippen molar-refractivity contribution in [3.05, 3.63) is 253 Å². The highest BCUT2D eigenvalue weighted by atomic mass is 19.1. The van der Waals surface area contributed by atoms with Gasteiger partial charge in [-0.05, 0) is 234 Å². The molecule has 0 fully saturated rings. The number of carbonyl (C=O) groups excluding carboxylic acids is 4. The van der Waals surface area contributed by atoms with E-state index in [1.807, 2.05) is 65.8 Å². The number of nitro benzene ring substituents is 1. The minimum absolute atomic E-state index is 0.0113. The number of allylic oxidation sites excluding steroid dienone is 4. The number of aryl methyl sites for hydroxylation is 5. The van der Waals surface area contributed by atoms with Crippen LogP contribution in [0.5, 0.6) is 5.75 Å². The molecular formula is C90H102FN13O11. The number of nitrogens with zero attached hydrogens (tertiary/aromatic N) is 5. The molecule has 0 amide bonds. The van der Waals surface area contributed by atoms with E-state index in [2.05, 4.69) is 52.5 Å². The summed E-state index contributed by atoms with van der Waals surface area (Å²) in [6.45, 7) is 17.8. The van der Waals surface area contributed by atoms with E-state index < -0.39 is 28.7 Å². The average molecular weight is 1560 g/mol. The Balaban J connectivity index is 0.000000134. The normalized spacial score (nSPS) is 17.9. The van der Waals surface area contributed by atoms with Gasteiger partial charge in [0.1, 0.15) is 34.8 Å². The van der Waals surface area contributed by atoms with Crippen molar-refractivity contribution in [1.29, 1.82) is 0 Å². The molecule has 8 aromatic rings. The van der Waals surface area contributed by atoms with Crippen LogP contribution in [-0.2, 0) is 89.5 Å². The Morgan fingerprint density at radius 1 is 0.400 bits per heavy atom. The van der Waals surface area contributed by atoms with E-state index in [9.17, 15) is 33.7 Å². The number of non-ortho nitro benzene ring substituents is 1. The first kappa shape index (κ1) is 80.9. The molecule has 16 rings (SSSR count). The summed E-state index contributed by atoms with van der Waals surface area (Å²) >= 11 is 0. The number of aromatic nitrogens is 4. The fourth-order valence-corrected chi connectivity index (χ4v) is 17.4. The molecule has 0 radical (unpaired) electrons.